The minimum absolute atomic E-state index is 0.00254. The maximum Gasteiger partial charge on any atom is 0.246 e. The van der Waals surface area contributed by atoms with E-state index < -0.39 is 160 Å². The second kappa shape index (κ2) is 39.8. The van der Waals surface area contributed by atoms with Crippen LogP contribution in [0.3, 0.4) is 0 Å². The number of aliphatic hydroxyl groups is 1. The maximum atomic E-state index is 15.6. The maximum absolute atomic E-state index is 15.6. The van der Waals surface area contributed by atoms with Gasteiger partial charge in [0.15, 0.2) is 0 Å². The summed E-state index contributed by atoms with van der Waals surface area (Å²) in [5.74, 6) is -9.80. The summed E-state index contributed by atoms with van der Waals surface area (Å²) in [5.41, 5.74) is 0. The predicted molar refractivity (Wildman–Crippen MR) is 381 cm³/mol. The molecule has 0 radical (unpaired) electrons. The molecule has 2 rings (SSSR count). The van der Waals surface area contributed by atoms with E-state index in [0.717, 1.165) is 4.90 Å². The van der Waals surface area contributed by atoms with E-state index in [-0.39, 0.29) is 61.5 Å². The van der Waals surface area contributed by atoms with Crippen LogP contribution >= 0.6 is 11.8 Å². The van der Waals surface area contributed by atoms with E-state index in [0.29, 0.717) is 39.3 Å². The summed E-state index contributed by atoms with van der Waals surface area (Å²) in [4.78, 5) is 176. The Morgan fingerprint density at radius 2 is 0.907 bits per heavy atom. The summed E-state index contributed by atoms with van der Waals surface area (Å²) in [6, 6.07) is -13.9. The Balaban J connectivity index is 3.14. The molecule has 13 atom stereocenters. The van der Waals surface area contributed by atoms with Gasteiger partial charge in [-0.3, -0.25) is 57.6 Å². The third kappa shape index (κ3) is 25.1. The number of hydrogen-bond donors (Lipinski definition) is 5. The van der Waals surface area contributed by atoms with Gasteiger partial charge in [0.05, 0.1) is 19.3 Å². The first-order valence-corrected chi connectivity index (χ1v) is 36.2. The molecule has 97 heavy (non-hydrogen) atoms. The molecular weight excluding hydrogens is 1260 g/mol. The summed E-state index contributed by atoms with van der Waals surface area (Å²) >= 11 is 1.46. The summed E-state index contributed by atoms with van der Waals surface area (Å²) in [6.45, 7) is 37.4. The fourth-order valence-electron chi connectivity index (χ4n) is 12.6. The molecule has 0 bridgehead atoms. The summed E-state index contributed by atoms with van der Waals surface area (Å²) in [6.07, 6.45) is 2.95. The molecule has 0 spiro atoms. The van der Waals surface area contributed by atoms with Crippen LogP contribution in [0.1, 0.15) is 170 Å². The smallest absolute Gasteiger partial charge is 0.246 e. The molecule has 0 aliphatic carbocycles. The van der Waals surface area contributed by atoms with E-state index in [1.807, 2.05) is 82.2 Å². The van der Waals surface area contributed by atoms with Gasteiger partial charge >= 0.3 is 0 Å². The second-order valence-corrected chi connectivity index (χ2v) is 32.0. The first-order valence-electron chi connectivity index (χ1n) is 35.2. The van der Waals surface area contributed by atoms with E-state index in [1.165, 1.54) is 104 Å². The van der Waals surface area contributed by atoms with Crippen molar-refractivity contribution >= 4 is 76.7 Å². The van der Waals surface area contributed by atoms with Gasteiger partial charge in [0, 0.05) is 79.5 Å². The lowest BCUT2D eigenvalue weighted by Crippen LogP contribution is -2.64. The molecule has 2 aliphatic rings. The summed E-state index contributed by atoms with van der Waals surface area (Å²) in [7, 11) is 10.1. The quantitative estimate of drug-likeness (QED) is 0.105. The lowest BCUT2D eigenvalue weighted by molar-refractivity contribution is -0.157. The molecule has 2 saturated heterocycles. The first-order chi connectivity index (χ1) is 44.9. The average molecular weight is 1390 g/mol. The van der Waals surface area contributed by atoms with Crippen molar-refractivity contribution in [3.8, 4) is 0 Å². The molecule has 2 fully saturated rings. The van der Waals surface area contributed by atoms with Gasteiger partial charge in [-0.2, -0.15) is 11.8 Å². The Morgan fingerprint density at radius 3 is 1.37 bits per heavy atom. The number of rotatable bonds is 20. The number of thioether (sulfide) groups is 1. The number of aliphatic hydroxyl groups excluding tert-OH is 1. The number of morpholine rings is 1. The number of ether oxygens (including phenoxy) is 1. The van der Waals surface area contributed by atoms with Crippen molar-refractivity contribution in [1.29, 1.82) is 0 Å². The molecule has 0 aromatic rings. The number of allylic oxidation sites excluding steroid dienone is 2. The minimum atomic E-state index is -1.64. The highest BCUT2D eigenvalue weighted by Gasteiger charge is 2.47. The average Bonchev–Trinajstić information content (AvgIpc) is 0.810. The van der Waals surface area contributed by atoms with E-state index in [2.05, 4.69) is 26.2 Å². The van der Waals surface area contributed by atoms with Crippen LogP contribution in [0.4, 0.5) is 0 Å². The number of nitrogens with zero attached hydrogens (tertiary/aromatic N) is 8. The zero-order valence-electron chi connectivity index (χ0n) is 63.9. The zero-order chi connectivity index (χ0) is 74.6. The lowest BCUT2D eigenvalue weighted by Gasteiger charge is -2.42. The van der Waals surface area contributed by atoms with Gasteiger partial charge in [-0.15, -0.1) is 0 Å². The second-order valence-electron chi connectivity index (χ2n) is 30.3. The largest absolute Gasteiger partial charge is 0.390 e. The van der Waals surface area contributed by atoms with Crippen molar-refractivity contribution in [3.63, 3.8) is 0 Å². The van der Waals surface area contributed by atoms with Crippen molar-refractivity contribution < 1.29 is 62.6 Å². The van der Waals surface area contributed by atoms with E-state index in [4.69, 9.17) is 4.74 Å². The molecule has 556 valence electrons. The van der Waals surface area contributed by atoms with Crippen LogP contribution in [0.25, 0.3) is 0 Å². The number of carbonyl (C=O) groups is 11. The molecule has 25 nitrogen and oxygen atoms in total. The van der Waals surface area contributed by atoms with Gasteiger partial charge in [-0.1, -0.05) is 109 Å². The zero-order valence-corrected chi connectivity index (χ0v) is 64.8. The highest BCUT2D eigenvalue weighted by molar-refractivity contribution is 8.00. The number of nitrogens with one attached hydrogen (secondary N) is 4. The normalized spacial score (nSPS) is 27.2. The van der Waals surface area contributed by atoms with Crippen LogP contribution in [0.15, 0.2) is 12.2 Å². The van der Waals surface area contributed by atoms with Crippen LogP contribution in [-0.2, 0) is 57.5 Å². The summed E-state index contributed by atoms with van der Waals surface area (Å²) in [5, 5.41) is 23.6. The van der Waals surface area contributed by atoms with E-state index >= 15 is 33.6 Å². The van der Waals surface area contributed by atoms with Crippen molar-refractivity contribution in [3.05, 3.63) is 12.2 Å². The van der Waals surface area contributed by atoms with Crippen LogP contribution in [0, 0.1) is 41.4 Å². The Labute approximate surface area is 586 Å². The van der Waals surface area contributed by atoms with Crippen LogP contribution in [0.5, 0.6) is 0 Å². The van der Waals surface area contributed by atoms with Gasteiger partial charge in [-0.25, -0.2) is 0 Å². The molecule has 2 aliphatic heterocycles. The van der Waals surface area contributed by atoms with Crippen molar-refractivity contribution in [2.24, 2.45) is 41.4 Å². The number of hydrogen-bond acceptors (Lipinski definition) is 15. The fourth-order valence-corrected chi connectivity index (χ4v) is 13.9. The predicted octanol–water partition coefficient (Wildman–Crippen LogP) is 4.48. The minimum Gasteiger partial charge on any atom is -0.390 e. The molecule has 5 N–H and O–H groups in total. The van der Waals surface area contributed by atoms with Crippen molar-refractivity contribution in [2.45, 2.75) is 247 Å². The Bertz CT molecular complexity index is 2670. The standard InChI is InChI=1S/C71H128N12O13S/c1-27-29-30-47(15)59(84)58-63(88)74-50(28-2)65(90)80(24)55(39-97-71(18,19)40-83-31-33-96-34-32-83)68(93)76(20)52(36-42(5)6)62(87)75-56(45(11)12)69(94)77(21)51(35-41(3)4)61(86)72-48(16)60(85)73-49(17)64(89)78(22)53(37-43(7)8)66(91)79(23)54(38-44(9)10)67(92)81(25)57(46(13)14)70(95)82(58)26/h27,29,41-59,84H,28,30-40H2,1-26H3,(H,72,86)(H,73,85)(H,74,88)(H,75,87)/b29-27+/t47-,48+,49-,50+,51+,52+,53+,54+,55?,56+,57+,58?,59-/m1/s1. The monoisotopic (exact) mass is 1390 g/mol. The van der Waals surface area contributed by atoms with E-state index in [9.17, 15) is 24.3 Å². The van der Waals surface area contributed by atoms with Crippen molar-refractivity contribution in [2.75, 3.05) is 87.9 Å². The molecular formula is C71H128N12O13S. The fraction of sp³-hybridized carbons (Fsp3) is 0.817. The van der Waals surface area contributed by atoms with Crippen molar-refractivity contribution in [1.82, 2.24) is 60.5 Å². The Kier molecular flexibility index (Phi) is 35.8. The molecule has 26 heteroatoms. The van der Waals surface area contributed by atoms with Gasteiger partial charge in [0.2, 0.25) is 65.0 Å². The molecule has 0 aromatic heterocycles. The molecule has 0 aromatic carbocycles. The van der Waals surface area contributed by atoms with Crippen LogP contribution in [-0.4, -0.2) is 275 Å². The topological polar surface area (TPSA) is 291 Å². The first kappa shape index (κ1) is 87.2. The number of amides is 11. The SMILES string of the molecule is C/C=C/C[C@@H](C)[C@@H](O)C1C(=O)N[C@@H](CC)C(=O)N(C)C(CSC(C)(C)CN2CCOCC2)C(=O)N(C)[C@@H](CC(C)C)C(=O)N[C@@H](C(C)C)C(=O)N(C)[C@@H](CC(C)C)C(=O)N[C@@H](C)C(=O)N[C@H](C)C(=O)N(C)[C@@H](CC(C)C)C(=O)N(C)[C@@H](CC(C)C)C(=O)N(C)[C@@H](C(C)C)C(=O)N1C. The Hall–Kier alpha value is -5.86. The molecule has 0 saturated carbocycles. The molecule has 2 heterocycles. The van der Waals surface area contributed by atoms with Gasteiger partial charge in [0.25, 0.3) is 0 Å². The van der Waals surface area contributed by atoms with Gasteiger partial charge in [0.1, 0.15) is 66.5 Å². The van der Waals surface area contributed by atoms with Crippen LogP contribution in [0.2, 0.25) is 0 Å². The van der Waals surface area contributed by atoms with Crippen LogP contribution < -0.4 is 21.3 Å². The highest BCUT2D eigenvalue weighted by atomic mass is 32.2. The van der Waals surface area contributed by atoms with Gasteiger partial charge in [-0.05, 0) is 115 Å². The van der Waals surface area contributed by atoms with E-state index in [1.54, 1.807) is 47.6 Å². The third-order valence-corrected chi connectivity index (χ3v) is 20.1. The lowest BCUT2D eigenvalue weighted by atomic mass is 9.91. The summed E-state index contributed by atoms with van der Waals surface area (Å²) < 4.78 is 5.14. The third-order valence-electron chi connectivity index (χ3n) is 18.7. The Morgan fingerprint density at radius 1 is 0.495 bits per heavy atom. The number of likely N-dealkylation sites (N-methyl/N-ethyl adjacent to an activating group) is 7. The molecule has 11 amide bonds. The van der Waals surface area contributed by atoms with Gasteiger partial charge < -0.3 is 65.4 Å². The molecule has 2 unspecified atom stereocenters. The highest BCUT2D eigenvalue weighted by Crippen LogP contribution is 2.30. The number of carbonyl (C=O) groups excluding carboxylic acids is 11.